The smallest absolute Gasteiger partial charge is 0.269 e. The van der Waals surface area contributed by atoms with Crippen molar-refractivity contribution in [3.63, 3.8) is 0 Å². The molecule has 0 N–H and O–H groups in total. The van der Waals surface area contributed by atoms with Crippen LogP contribution >= 0.6 is 0 Å². The van der Waals surface area contributed by atoms with Crippen LogP contribution in [-0.4, -0.2) is 9.55 Å². The topological polar surface area (TPSA) is 34.9 Å². The lowest BCUT2D eigenvalue weighted by atomic mass is 10.1. The zero-order chi connectivity index (χ0) is 9.26. The van der Waals surface area contributed by atoms with Crippen molar-refractivity contribution in [2.45, 2.75) is 32.2 Å². The van der Waals surface area contributed by atoms with Crippen molar-refractivity contribution in [1.82, 2.24) is 9.55 Å². The van der Waals surface area contributed by atoms with Crippen molar-refractivity contribution in [2.24, 2.45) is 5.92 Å². The summed E-state index contributed by atoms with van der Waals surface area (Å²) in [5, 5.41) is 0. The second-order valence-corrected chi connectivity index (χ2v) is 3.63. The van der Waals surface area contributed by atoms with Crippen molar-refractivity contribution >= 4 is 0 Å². The summed E-state index contributed by atoms with van der Waals surface area (Å²) in [6, 6.07) is 0.399. The predicted molar refractivity (Wildman–Crippen MR) is 50.5 cm³/mol. The van der Waals surface area contributed by atoms with Gasteiger partial charge in [-0.3, -0.25) is 9.78 Å². The van der Waals surface area contributed by atoms with Crippen LogP contribution in [0.4, 0.5) is 0 Å². The van der Waals surface area contributed by atoms with E-state index in [9.17, 15) is 4.79 Å². The standard InChI is InChI=1S/C10H14N2O/c1-2-9(8-3-4-8)12-6-5-11-7-10(12)13/h5-9H,2-4H2,1H3/t9-/m1/s1. The zero-order valence-corrected chi connectivity index (χ0v) is 7.81. The van der Waals surface area contributed by atoms with Gasteiger partial charge in [0.25, 0.3) is 5.56 Å². The summed E-state index contributed by atoms with van der Waals surface area (Å²) >= 11 is 0. The molecule has 0 aromatic carbocycles. The van der Waals surface area contributed by atoms with Crippen molar-refractivity contribution in [3.8, 4) is 0 Å². The van der Waals surface area contributed by atoms with Gasteiger partial charge in [0, 0.05) is 18.4 Å². The molecule has 1 aromatic heterocycles. The Bertz CT molecular complexity index is 341. The molecule has 2 rings (SSSR count). The minimum atomic E-state index is 0.0289. The maximum Gasteiger partial charge on any atom is 0.269 e. The van der Waals surface area contributed by atoms with Crippen LogP contribution in [0.25, 0.3) is 0 Å². The van der Waals surface area contributed by atoms with Gasteiger partial charge < -0.3 is 4.57 Å². The molecule has 0 spiro atoms. The molecular formula is C10H14N2O. The monoisotopic (exact) mass is 178 g/mol. The Balaban J connectivity index is 2.31. The third kappa shape index (κ3) is 1.64. The van der Waals surface area contributed by atoms with Crippen molar-refractivity contribution in [3.05, 3.63) is 28.9 Å². The quantitative estimate of drug-likeness (QED) is 0.704. The van der Waals surface area contributed by atoms with Crippen LogP contribution in [0, 0.1) is 5.92 Å². The number of aromatic nitrogens is 2. The molecular weight excluding hydrogens is 164 g/mol. The molecule has 0 bridgehead atoms. The van der Waals surface area contributed by atoms with Crippen LogP contribution in [0.3, 0.4) is 0 Å². The third-order valence-corrected chi connectivity index (χ3v) is 2.69. The molecule has 1 fully saturated rings. The lowest BCUT2D eigenvalue weighted by Crippen LogP contribution is -2.24. The molecule has 0 aliphatic heterocycles. The minimum absolute atomic E-state index is 0.0289. The van der Waals surface area contributed by atoms with Gasteiger partial charge in [0.15, 0.2) is 0 Å². The molecule has 1 aliphatic carbocycles. The van der Waals surface area contributed by atoms with Gasteiger partial charge in [0.05, 0.1) is 6.20 Å². The molecule has 0 amide bonds. The van der Waals surface area contributed by atoms with E-state index in [0.29, 0.717) is 6.04 Å². The first-order chi connectivity index (χ1) is 6.33. The summed E-state index contributed by atoms with van der Waals surface area (Å²) in [5.41, 5.74) is 0.0289. The molecule has 3 nitrogen and oxygen atoms in total. The highest BCUT2D eigenvalue weighted by molar-refractivity contribution is 4.91. The first kappa shape index (κ1) is 8.48. The molecule has 13 heavy (non-hydrogen) atoms. The van der Waals surface area contributed by atoms with Crippen LogP contribution in [-0.2, 0) is 0 Å². The lowest BCUT2D eigenvalue weighted by Gasteiger charge is -2.16. The normalized spacial score (nSPS) is 18.5. The summed E-state index contributed by atoms with van der Waals surface area (Å²) < 4.78 is 1.82. The van der Waals surface area contributed by atoms with Gasteiger partial charge in [-0.15, -0.1) is 0 Å². The van der Waals surface area contributed by atoms with Gasteiger partial charge in [0.1, 0.15) is 0 Å². The van der Waals surface area contributed by atoms with Crippen LogP contribution < -0.4 is 5.56 Å². The molecule has 0 saturated heterocycles. The number of rotatable bonds is 3. The Kier molecular flexibility index (Phi) is 2.17. The highest BCUT2D eigenvalue weighted by Gasteiger charge is 2.31. The Labute approximate surface area is 77.4 Å². The van der Waals surface area contributed by atoms with E-state index in [4.69, 9.17) is 0 Å². The molecule has 1 saturated carbocycles. The van der Waals surface area contributed by atoms with E-state index in [1.165, 1.54) is 19.0 Å². The Morgan fingerprint density at radius 3 is 3.00 bits per heavy atom. The average molecular weight is 178 g/mol. The molecule has 1 heterocycles. The molecule has 1 atom stereocenters. The number of hydrogen-bond donors (Lipinski definition) is 0. The van der Waals surface area contributed by atoms with E-state index in [0.717, 1.165) is 12.3 Å². The number of nitrogens with zero attached hydrogens (tertiary/aromatic N) is 2. The van der Waals surface area contributed by atoms with Crippen LogP contribution in [0.5, 0.6) is 0 Å². The van der Waals surface area contributed by atoms with E-state index in [1.807, 2.05) is 4.57 Å². The molecule has 0 radical (unpaired) electrons. The largest absolute Gasteiger partial charge is 0.309 e. The second kappa shape index (κ2) is 3.32. The van der Waals surface area contributed by atoms with Gasteiger partial charge in [-0.2, -0.15) is 0 Å². The van der Waals surface area contributed by atoms with Crippen LogP contribution in [0.15, 0.2) is 23.4 Å². The Hall–Kier alpha value is -1.12. The van der Waals surface area contributed by atoms with E-state index in [-0.39, 0.29) is 5.56 Å². The molecule has 1 aliphatic rings. The predicted octanol–water partition coefficient (Wildman–Crippen LogP) is 1.60. The fourth-order valence-corrected chi connectivity index (χ4v) is 1.87. The summed E-state index contributed by atoms with van der Waals surface area (Å²) in [5.74, 6) is 0.727. The fraction of sp³-hybridized carbons (Fsp3) is 0.600. The lowest BCUT2D eigenvalue weighted by molar-refractivity contribution is 0.418. The Morgan fingerprint density at radius 1 is 1.69 bits per heavy atom. The fourth-order valence-electron chi connectivity index (χ4n) is 1.87. The maximum absolute atomic E-state index is 11.5. The molecule has 1 aromatic rings. The first-order valence-electron chi connectivity index (χ1n) is 4.85. The number of hydrogen-bond acceptors (Lipinski definition) is 2. The summed E-state index contributed by atoms with van der Waals surface area (Å²) in [4.78, 5) is 15.3. The average Bonchev–Trinajstić information content (AvgIpc) is 2.93. The molecule has 3 heteroatoms. The summed E-state index contributed by atoms with van der Waals surface area (Å²) in [7, 11) is 0. The minimum Gasteiger partial charge on any atom is -0.309 e. The third-order valence-electron chi connectivity index (χ3n) is 2.69. The zero-order valence-electron chi connectivity index (χ0n) is 7.81. The van der Waals surface area contributed by atoms with Gasteiger partial charge in [-0.25, -0.2) is 0 Å². The maximum atomic E-state index is 11.5. The van der Waals surface area contributed by atoms with Crippen LogP contribution in [0.1, 0.15) is 32.2 Å². The van der Waals surface area contributed by atoms with Crippen molar-refractivity contribution in [2.75, 3.05) is 0 Å². The molecule has 70 valence electrons. The Morgan fingerprint density at radius 2 is 2.46 bits per heavy atom. The van der Waals surface area contributed by atoms with Gasteiger partial charge >= 0.3 is 0 Å². The highest BCUT2D eigenvalue weighted by atomic mass is 16.1. The van der Waals surface area contributed by atoms with Crippen LogP contribution in [0.2, 0.25) is 0 Å². The second-order valence-electron chi connectivity index (χ2n) is 3.63. The van der Waals surface area contributed by atoms with E-state index in [1.54, 1.807) is 12.4 Å². The van der Waals surface area contributed by atoms with Gasteiger partial charge in [0.2, 0.25) is 0 Å². The van der Waals surface area contributed by atoms with E-state index >= 15 is 0 Å². The van der Waals surface area contributed by atoms with E-state index in [2.05, 4.69) is 11.9 Å². The van der Waals surface area contributed by atoms with Gasteiger partial charge in [-0.1, -0.05) is 6.92 Å². The molecule has 0 unspecified atom stereocenters. The van der Waals surface area contributed by atoms with E-state index < -0.39 is 0 Å². The van der Waals surface area contributed by atoms with Crippen molar-refractivity contribution in [1.29, 1.82) is 0 Å². The van der Waals surface area contributed by atoms with Crippen molar-refractivity contribution < 1.29 is 0 Å². The summed E-state index contributed by atoms with van der Waals surface area (Å²) in [6.07, 6.45) is 8.46. The highest BCUT2D eigenvalue weighted by Crippen LogP contribution is 2.40. The van der Waals surface area contributed by atoms with Gasteiger partial charge in [-0.05, 0) is 25.2 Å². The summed E-state index contributed by atoms with van der Waals surface area (Å²) in [6.45, 7) is 2.13. The SMILES string of the molecule is CC[C@H](C1CC1)n1ccncc1=O. The first-order valence-corrected chi connectivity index (χ1v) is 4.85.